The van der Waals surface area contributed by atoms with E-state index in [2.05, 4.69) is 20.2 Å². The number of halogens is 2. The number of hydrogen-bond acceptors (Lipinski definition) is 4. The van der Waals surface area contributed by atoms with Crippen LogP contribution in [0.25, 0.3) is 0 Å². The molecule has 0 aliphatic heterocycles. The number of aryl methyl sites for hydroxylation is 1. The molecule has 2 aromatic rings. The third-order valence-electron chi connectivity index (χ3n) is 2.75. The number of benzene rings is 1. The highest BCUT2D eigenvalue weighted by Gasteiger charge is 2.24. The van der Waals surface area contributed by atoms with Crippen molar-refractivity contribution < 1.29 is 17.2 Å². The van der Waals surface area contributed by atoms with Gasteiger partial charge >= 0.3 is 0 Å². The summed E-state index contributed by atoms with van der Waals surface area (Å²) in [5.41, 5.74) is 0.602. The van der Waals surface area contributed by atoms with Crippen molar-refractivity contribution in [1.82, 2.24) is 15.5 Å². The molecular weight excluding hydrogens is 302 g/mol. The maximum Gasteiger partial charge on any atom is 0.265 e. The molecule has 0 atom stereocenters. The number of anilines is 1. The van der Waals surface area contributed by atoms with Crippen LogP contribution in [0.1, 0.15) is 11.4 Å². The van der Waals surface area contributed by atoms with Crippen molar-refractivity contribution in [3.8, 4) is 0 Å². The molecule has 1 aromatic heterocycles. The van der Waals surface area contributed by atoms with Gasteiger partial charge in [-0.05, 0) is 26.1 Å². The van der Waals surface area contributed by atoms with Gasteiger partial charge in [-0.1, -0.05) is 0 Å². The van der Waals surface area contributed by atoms with Gasteiger partial charge in [-0.15, -0.1) is 0 Å². The van der Waals surface area contributed by atoms with Crippen LogP contribution in [0.4, 0.5) is 14.5 Å². The van der Waals surface area contributed by atoms with Crippen molar-refractivity contribution in [1.29, 1.82) is 0 Å². The molecule has 1 heterocycles. The number of sulfonamides is 1. The molecule has 2 rings (SSSR count). The van der Waals surface area contributed by atoms with Gasteiger partial charge in [-0.2, -0.15) is 5.10 Å². The van der Waals surface area contributed by atoms with Crippen LogP contribution in [-0.4, -0.2) is 25.7 Å². The SMILES string of the molecule is CNCc1n[nH]c(C)c1S(=O)(=O)Nc1ccc(F)c(F)c1. The van der Waals surface area contributed by atoms with Crippen molar-refractivity contribution in [2.45, 2.75) is 18.4 Å². The lowest BCUT2D eigenvalue weighted by Crippen LogP contribution is -2.17. The van der Waals surface area contributed by atoms with E-state index in [1.165, 1.54) is 0 Å². The molecule has 0 aliphatic carbocycles. The number of hydrogen-bond donors (Lipinski definition) is 3. The Morgan fingerprint density at radius 1 is 1.29 bits per heavy atom. The lowest BCUT2D eigenvalue weighted by Gasteiger charge is -2.09. The van der Waals surface area contributed by atoms with E-state index in [1.807, 2.05) is 0 Å². The van der Waals surface area contributed by atoms with Gasteiger partial charge in [0.15, 0.2) is 11.6 Å². The Morgan fingerprint density at radius 3 is 2.62 bits per heavy atom. The minimum Gasteiger partial charge on any atom is -0.314 e. The first-order valence-electron chi connectivity index (χ1n) is 6.01. The van der Waals surface area contributed by atoms with Gasteiger partial charge in [0.25, 0.3) is 10.0 Å². The Hall–Kier alpha value is -2.00. The van der Waals surface area contributed by atoms with Gasteiger partial charge < -0.3 is 5.32 Å². The van der Waals surface area contributed by atoms with Crippen LogP contribution < -0.4 is 10.0 Å². The highest BCUT2D eigenvalue weighted by molar-refractivity contribution is 7.92. The third kappa shape index (κ3) is 3.19. The molecule has 3 N–H and O–H groups in total. The van der Waals surface area contributed by atoms with Gasteiger partial charge in [0.2, 0.25) is 0 Å². The number of aromatic amines is 1. The summed E-state index contributed by atoms with van der Waals surface area (Å²) in [6, 6.07) is 2.77. The van der Waals surface area contributed by atoms with Crippen molar-refractivity contribution in [3.05, 3.63) is 41.2 Å². The average Bonchev–Trinajstić information content (AvgIpc) is 2.76. The van der Waals surface area contributed by atoms with E-state index in [0.29, 0.717) is 11.4 Å². The Morgan fingerprint density at radius 2 is 2.00 bits per heavy atom. The van der Waals surface area contributed by atoms with Crippen molar-refractivity contribution in [2.75, 3.05) is 11.8 Å². The normalized spacial score (nSPS) is 11.6. The standard InChI is InChI=1S/C12H14F2N4O2S/c1-7-12(11(6-15-2)17-16-7)21(19,20)18-8-3-4-9(13)10(14)5-8/h3-5,15,18H,6H2,1-2H3,(H,16,17). The zero-order valence-corrected chi connectivity index (χ0v) is 12.2. The molecule has 0 saturated carbocycles. The molecule has 0 unspecified atom stereocenters. The predicted octanol–water partition coefficient (Wildman–Crippen LogP) is 1.52. The largest absolute Gasteiger partial charge is 0.314 e. The Balaban J connectivity index is 2.38. The molecule has 0 spiro atoms. The lowest BCUT2D eigenvalue weighted by molar-refractivity contribution is 0.509. The smallest absolute Gasteiger partial charge is 0.265 e. The minimum absolute atomic E-state index is 0.0124. The molecule has 21 heavy (non-hydrogen) atoms. The fourth-order valence-electron chi connectivity index (χ4n) is 1.88. The summed E-state index contributed by atoms with van der Waals surface area (Å²) in [5, 5.41) is 9.30. The van der Waals surface area contributed by atoms with E-state index in [9.17, 15) is 17.2 Å². The molecule has 0 amide bonds. The molecule has 0 saturated heterocycles. The van der Waals surface area contributed by atoms with Crippen LogP contribution in [0.2, 0.25) is 0 Å². The van der Waals surface area contributed by atoms with Crippen molar-refractivity contribution in [2.24, 2.45) is 0 Å². The van der Waals surface area contributed by atoms with Crippen molar-refractivity contribution >= 4 is 15.7 Å². The molecule has 9 heteroatoms. The summed E-state index contributed by atoms with van der Waals surface area (Å²) in [7, 11) is -2.30. The van der Waals surface area contributed by atoms with E-state index in [-0.39, 0.29) is 17.1 Å². The van der Waals surface area contributed by atoms with Crippen LogP contribution in [0, 0.1) is 18.6 Å². The van der Waals surface area contributed by atoms with Gasteiger partial charge in [0.1, 0.15) is 4.90 Å². The highest BCUT2D eigenvalue weighted by Crippen LogP contribution is 2.22. The average molecular weight is 316 g/mol. The maximum atomic E-state index is 13.1. The second-order valence-corrected chi connectivity index (χ2v) is 6.01. The summed E-state index contributed by atoms with van der Waals surface area (Å²) in [6.45, 7) is 1.81. The van der Waals surface area contributed by atoms with Crippen LogP contribution in [0.15, 0.2) is 23.1 Å². The van der Waals surface area contributed by atoms with Gasteiger partial charge in [0, 0.05) is 12.6 Å². The minimum atomic E-state index is -3.96. The van der Waals surface area contributed by atoms with Gasteiger partial charge in [-0.3, -0.25) is 9.82 Å². The molecule has 0 aliphatic rings. The molecule has 0 bridgehead atoms. The molecule has 0 fully saturated rings. The number of nitrogens with one attached hydrogen (secondary N) is 3. The topological polar surface area (TPSA) is 86.9 Å². The van der Waals surface area contributed by atoms with Gasteiger partial charge in [0.05, 0.1) is 17.1 Å². The first-order valence-corrected chi connectivity index (χ1v) is 7.50. The monoisotopic (exact) mass is 316 g/mol. The number of aromatic nitrogens is 2. The number of H-pyrrole nitrogens is 1. The quantitative estimate of drug-likeness (QED) is 0.780. The van der Waals surface area contributed by atoms with E-state index in [1.54, 1.807) is 14.0 Å². The number of rotatable bonds is 5. The number of nitrogens with zero attached hydrogens (tertiary/aromatic N) is 1. The molecule has 0 radical (unpaired) electrons. The van der Waals surface area contributed by atoms with E-state index in [0.717, 1.165) is 18.2 Å². The summed E-state index contributed by atoms with van der Waals surface area (Å²) >= 11 is 0. The van der Waals surface area contributed by atoms with Crippen molar-refractivity contribution in [3.63, 3.8) is 0 Å². The maximum absolute atomic E-state index is 13.1. The molecule has 1 aromatic carbocycles. The Labute approximate surface area is 120 Å². The zero-order chi connectivity index (χ0) is 15.6. The first kappa shape index (κ1) is 15.4. The second-order valence-electron chi connectivity index (χ2n) is 4.39. The predicted molar refractivity (Wildman–Crippen MR) is 73.3 cm³/mol. The summed E-state index contributed by atoms with van der Waals surface area (Å²) < 4.78 is 52.9. The first-order chi connectivity index (χ1) is 9.85. The van der Waals surface area contributed by atoms with Crippen LogP contribution in [-0.2, 0) is 16.6 Å². The Bertz CT molecular complexity index is 759. The van der Waals surface area contributed by atoms with Crippen LogP contribution >= 0.6 is 0 Å². The van der Waals surface area contributed by atoms with E-state index in [4.69, 9.17) is 0 Å². The highest BCUT2D eigenvalue weighted by atomic mass is 32.2. The molecular formula is C12H14F2N4O2S. The lowest BCUT2D eigenvalue weighted by atomic mass is 10.3. The van der Waals surface area contributed by atoms with Crippen LogP contribution in [0.5, 0.6) is 0 Å². The van der Waals surface area contributed by atoms with E-state index < -0.39 is 21.7 Å². The van der Waals surface area contributed by atoms with Gasteiger partial charge in [-0.25, -0.2) is 17.2 Å². The fraction of sp³-hybridized carbons (Fsp3) is 0.250. The molecule has 6 nitrogen and oxygen atoms in total. The third-order valence-corrected chi connectivity index (χ3v) is 4.33. The van der Waals surface area contributed by atoms with E-state index >= 15 is 0 Å². The second kappa shape index (κ2) is 5.78. The Kier molecular flexibility index (Phi) is 4.24. The fourth-order valence-corrected chi connectivity index (χ4v) is 3.30. The summed E-state index contributed by atoms with van der Waals surface area (Å²) in [6.07, 6.45) is 0. The summed E-state index contributed by atoms with van der Waals surface area (Å²) in [4.78, 5) is -0.0124. The van der Waals surface area contributed by atoms with Crippen LogP contribution in [0.3, 0.4) is 0 Å². The summed E-state index contributed by atoms with van der Waals surface area (Å²) in [5.74, 6) is -2.18. The zero-order valence-electron chi connectivity index (χ0n) is 11.4. The molecule has 114 valence electrons.